The summed E-state index contributed by atoms with van der Waals surface area (Å²) in [7, 11) is 0. The van der Waals surface area contributed by atoms with Crippen LogP contribution in [-0.2, 0) is 16.0 Å². The first-order valence-electron chi connectivity index (χ1n) is 9.93. The van der Waals surface area contributed by atoms with Gasteiger partial charge in [-0.2, -0.15) is 5.11 Å². The molecule has 0 fully saturated rings. The molecular formula is C24H21N3O4. The quantitative estimate of drug-likeness (QED) is 0.472. The Labute approximate surface area is 179 Å². The second kappa shape index (κ2) is 8.79. The minimum absolute atomic E-state index is 0.127. The summed E-state index contributed by atoms with van der Waals surface area (Å²) in [6.45, 7) is 2.14. The first-order valence-corrected chi connectivity index (χ1v) is 9.93. The van der Waals surface area contributed by atoms with Gasteiger partial charge >= 0.3 is 5.97 Å². The Morgan fingerprint density at radius 3 is 2.48 bits per heavy atom. The maximum Gasteiger partial charge on any atom is 0.341 e. The molecule has 0 unspecified atom stereocenters. The highest BCUT2D eigenvalue weighted by Crippen LogP contribution is 2.29. The average molecular weight is 415 g/mol. The van der Waals surface area contributed by atoms with Crippen LogP contribution >= 0.6 is 0 Å². The number of hydrogen-bond donors (Lipinski definition) is 1. The highest BCUT2D eigenvalue weighted by atomic mass is 16.5. The molecule has 0 saturated heterocycles. The van der Waals surface area contributed by atoms with Crippen LogP contribution in [0.2, 0.25) is 0 Å². The Morgan fingerprint density at radius 1 is 0.968 bits per heavy atom. The number of rotatable bonds is 5. The van der Waals surface area contributed by atoms with Gasteiger partial charge in [0.05, 0.1) is 11.3 Å². The Kier molecular flexibility index (Phi) is 5.75. The fourth-order valence-electron chi connectivity index (χ4n) is 3.43. The van der Waals surface area contributed by atoms with Gasteiger partial charge in [0.25, 0.3) is 5.91 Å². The van der Waals surface area contributed by atoms with Gasteiger partial charge in [-0.3, -0.25) is 4.79 Å². The smallest absolute Gasteiger partial charge is 0.341 e. The Bertz CT molecular complexity index is 1140. The molecule has 31 heavy (non-hydrogen) atoms. The lowest BCUT2D eigenvalue weighted by atomic mass is 10.2. The number of carbonyl (C=O) groups is 2. The number of hydrogen-bond acceptors (Lipinski definition) is 6. The Hall–Kier alpha value is -4.00. The maximum absolute atomic E-state index is 12.9. The molecule has 0 saturated carbocycles. The fourth-order valence-corrected chi connectivity index (χ4v) is 3.43. The standard InChI is InChI=1S/C24H21N3O4/c1-16(23(29)27-15-14-17-6-2-5-9-22(17)27)31-24(30)20-7-3-4-8-21(20)26-25-18-10-12-19(28)13-11-18/h2-13,16,28H,14-15H2,1H3/t16-/m1/s1. The number of phenolic OH excluding ortho intramolecular Hbond substituents is 1. The number of anilines is 1. The summed E-state index contributed by atoms with van der Waals surface area (Å²) in [6, 6.07) is 20.6. The van der Waals surface area contributed by atoms with E-state index in [1.165, 1.54) is 12.1 Å². The molecule has 7 nitrogen and oxygen atoms in total. The normalized spacial score (nSPS) is 13.8. The first kappa shape index (κ1) is 20.3. The molecule has 7 heteroatoms. The van der Waals surface area contributed by atoms with E-state index in [-0.39, 0.29) is 17.2 Å². The number of ether oxygens (including phenoxy) is 1. The summed E-state index contributed by atoms with van der Waals surface area (Å²) >= 11 is 0. The van der Waals surface area contributed by atoms with Gasteiger partial charge in [-0.1, -0.05) is 30.3 Å². The number of nitrogens with zero attached hydrogens (tertiary/aromatic N) is 3. The molecule has 1 atom stereocenters. The van der Waals surface area contributed by atoms with Crippen LogP contribution in [0.5, 0.6) is 5.75 Å². The maximum atomic E-state index is 12.9. The number of para-hydroxylation sites is 1. The largest absolute Gasteiger partial charge is 0.508 e. The van der Waals surface area contributed by atoms with Crippen LogP contribution in [0.15, 0.2) is 83.0 Å². The van der Waals surface area contributed by atoms with Gasteiger partial charge in [-0.05, 0) is 61.4 Å². The third-order valence-electron chi connectivity index (χ3n) is 5.03. The fraction of sp³-hybridized carbons (Fsp3) is 0.167. The van der Waals surface area contributed by atoms with Crippen molar-refractivity contribution >= 4 is 28.9 Å². The van der Waals surface area contributed by atoms with Crippen molar-refractivity contribution in [2.75, 3.05) is 11.4 Å². The van der Waals surface area contributed by atoms with E-state index in [9.17, 15) is 14.7 Å². The van der Waals surface area contributed by atoms with Gasteiger partial charge in [0.15, 0.2) is 6.10 Å². The second-order valence-electron chi connectivity index (χ2n) is 7.15. The number of azo groups is 1. The number of amides is 1. The van der Waals surface area contributed by atoms with Crippen LogP contribution in [0.3, 0.4) is 0 Å². The highest BCUT2D eigenvalue weighted by molar-refractivity contribution is 6.01. The number of carbonyl (C=O) groups excluding carboxylic acids is 2. The van der Waals surface area contributed by atoms with Crippen molar-refractivity contribution in [2.24, 2.45) is 10.2 Å². The predicted octanol–water partition coefficient (Wildman–Crippen LogP) is 4.94. The summed E-state index contributed by atoms with van der Waals surface area (Å²) in [4.78, 5) is 27.3. The average Bonchev–Trinajstić information content (AvgIpc) is 3.22. The van der Waals surface area contributed by atoms with Crippen molar-refractivity contribution in [2.45, 2.75) is 19.4 Å². The van der Waals surface area contributed by atoms with Crippen LogP contribution in [0.4, 0.5) is 17.1 Å². The highest BCUT2D eigenvalue weighted by Gasteiger charge is 2.30. The molecule has 1 amide bonds. The molecule has 0 aliphatic carbocycles. The number of benzene rings is 3. The van der Waals surface area contributed by atoms with E-state index in [1.54, 1.807) is 48.2 Å². The van der Waals surface area contributed by atoms with Gasteiger partial charge in [0.1, 0.15) is 11.4 Å². The molecule has 3 aromatic carbocycles. The van der Waals surface area contributed by atoms with E-state index < -0.39 is 12.1 Å². The Balaban J connectivity index is 1.47. The lowest BCUT2D eigenvalue weighted by Crippen LogP contribution is -2.39. The van der Waals surface area contributed by atoms with Gasteiger partial charge in [-0.15, -0.1) is 5.11 Å². The number of aromatic hydroxyl groups is 1. The van der Waals surface area contributed by atoms with E-state index in [1.807, 2.05) is 24.3 Å². The minimum atomic E-state index is -0.944. The van der Waals surface area contributed by atoms with E-state index >= 15 is 0 Å². The topological polar surface area (TPSA) is 91.6 Å². The lowest BCUT2D eigenvalue weighted by molar-refractivity contribution is -0.126. The molecule has 1 heterocycles. The van der Waals surface area contributed by atoms with Crippen LogP contribution in [-0.4, -0.2) is 29.6 Å². The number of esters is 1. The van der Waals surface area contributed by atoms with Crippen LogP contribution in [0.25, 0.3) is 0 Å². The molecule has 3 aromatic rings. The first-order chi connectivity index (χ1) is 15.0. The summed E-state index contributed by atoms with van der Waals surface area (Å²) in [5.41, 5.74) is 3.03. The van der Waals surface area contributed by atoms with Crippen molar-refractivity contribution in [1.29, 1.82) is 0 Å². The second-order valence-corrected chi connectivity index (χ2v) is 7.15. The molecule has 0 spiro atoms. The Morgan fingerprint density at radius 2 is 1.68 bits per heavy atom. The molecule has 1 N–H and O–H groups in total. The summed E-state index contributed by atoms with van der Waals surface area (Å²) in [5, 5.41) is 17.6. The van der Waals surface area contributed by atoms with Crippen molar-refractivity contribution < 1.29 is 19.4 Å². The van der Waals surface area contributed by atoms with E-state index in [2.05, 4.69) is 10.2 Å². The summed E-state index contributed by atoms with van der Waals surface area (Å²) in [6.07, 6.45) is -0.163. The molecule has 1 aliphatic rings. The van der Waals surface area contributed by atoms with Crippen molar-refractivity contribution in [3.05, 3.63) is 83.9 Å². The van der Waals surface area contributed by atoms with E-state index in [0.717, 1.165) is 17.7 Å². The van der Waals surface area contributed by atoms with Gasteiger partial charge in [0.2, 0.25) is 0 Å². The number of fused-ring (bicyclic) bond motifs is 1. The zero-order chi connectivity index (χ0) is 21.8. The zero-order valence-corrected chi connectivity index (χ0v) is 16.9. The van der Waals surface area contributed by atoms with Gasteiger partial charge in [0, 0.05) is 12.2 Å². The SMILES string of the molecule is C[C@@H](OC(=O)c1ccccc1N=Nc1ccc(O)cc1)C(=O)N1CCc2ccccc21. The lowest BCUT2D eigenvalue weighted by Gasteiger charge is -2.21. The molecule has 4 rings (SSSR count). The van der Waals surface area contributed by atoms with Crippen molar-refractivity contribution in [3.8, 4) is 5.75 Å². The molecule has 0 bridgehead atoms. The van der Waals surface area contributed by atoms with E-state index in [4.69, 9.17) is 4.74 Å². The summed E-state index contributed by atoms with van der Waals surface area (Å²) < 4.78 is 5.47. The molecule has 0 radical (unpaired) electrons. The summed E-state index contributed by atoms with van der Waals surface area (Å²) in [5.74, 6) is -0.780. The third-order valence-corrected chi connectivity index (χ3v) is 5.03. The minimum Gasteiger partial charge on any atom is -0.508 e. The van der Waals surface area contributed by atoms with Gasteiger partial charge in [-0.25, -0.2) is 4.79 Å². The van der Waals surface area contributed by atoms with Crippen molar-refractivity contribution in [3.63, 3.8) is 0 Å². The van der Waals surface area contributed by atoms with Crippen molar-refractivity contribution in [1.82, 2.24) is 0 Å². The van der Waals surface area contributed by atoms with Gasteiger partial charge < -0.3 is 14.7 Å². The molecule has 1 aliphatic heterocycles. The van der Waals surface area contributed by atoms with Crippen LogP contribution < -0.4 is 4.90 Å². The molecule has 156 valence electrons. The molecular weight excluding hydrogens is 394 g/mol. The molecule has 0 aromatic heterocycles. The monoisotopic (exact) mass is 415 g/mol. The van der Waals surface area contributed by atoms with Crippen LogP contribution in [0.1, 0.15) is 22.8 Å². The van der Waals surface area contributed by atoms with E-state index in [0.29, 0.717) is 17.9 Å². The van der Waals surface area contributed by atoms with Crippen LogP contribution in [0, 0.1) is 0 Å². The zero-order valence-electron chi connectivity index (χ0n) is 16.9. The third kappa shape index (κ3) is 4.45. The predicted molar refractivity (Wildman–Crippen MR) is 116 cm³/mol. The number of phenols is 1.